The van der Waals surface area contributed by atoms with E-state index in [1.165, 1.54) is 9.80 Å². The van der Waals surface area contributed by atoms with Gasteiger partial charge in [0.15, 0.2) is 5.88 Å². The van der Waals surface area contributed by atoms with Crippen LogP contribution in [0.3, 0.4) is 0 Å². The molecule has 0 fully saturated rings. The predicted molar refractivity (Wildman–Crippen MR) is 40.4 cm³/mol. The number of aliphatic hydroxyl groups is 1. The van der Waals surface area contributed by atoms with Gasteiger partial charge in [0.1, 0.15) is 5.82 Å². The molecule has 0 aromatic heterocycles. The second-order valence-electron chi connectivity index (χ2n) is 2.38. The summed E-state index contributed by atoms with van der Waals surface area (Å²) in [6, 6.07) is 0. The summed E-state index contributed by atoms with van der Waals surface area (Å²) >= 11 is 0. The fourth-order valence-corrected chi connectivity index (χ4v) is 0.789. The molecule has 1 rings (SSSR count). The number of amides is 1. The smallest absolute Gasteiger partial charge is 0.257 e. The number of carbonyl (C=O) groups is 1. The summed E-state index contributed by atoms with van der Waals surface area (Å²) in [6.07, 6.45) is 1.15. The van der Waals surface area contributed by atoms with Gasteiger partial charge in [-0.25, -0.2) is 0 Å². The van der Waals surface area contributed by atoms with E-state index >= 15 is 0 Å². The Hall–Kier alpha value is -1.45. The monoisotopic (exact) mass is 154 g/mol. The van der Waals surface area contributed by atoms with Gasteiger partial charge in [0.2, 0.25) is 0 Å². The molecular weight excluding hydrogens is 144 g/mol. The first-order valence-corrected chi connectivity index (χ1v) is 3.15. The van der Waals surface area contributed by atoms with E-state index in [2.05, 4.69) is 6.58 Å². The van der Waals surface area contributed by atoms with E-state index in [-0.39, 0.29) is 11.8 Å². The Morgan fingerprint density at radius 3 is 2.55 bits per heavy atom. The van der Waals surface area contributed by atoms with Gasteiger partial charge in [-0.15, -0.1) is 0 Å². The van der Waals surface area contributed by atoms with Crippen LogP contribution in [0.15, 0.2) is 24.4 Å². The van der Waals surface area contributed by atoms with Crippen molar-refractivity contribution in [3.63, 3.8) is 0 Å². The maximum Gasteiger partial charge on any atom is 0.257 e. The molecule has 1 aliphatic rings. The van der Waals surface area contributed by atoms with Crippen LogP contribution in [-0.4, -0.2) is 34.9 Å². The molecule has 11 heavy (non-hydrogen) atoms. The van der Waals surface area contributed by atoms with E-state index in [0.717, 1.165) is 6.08 Å². The van der Waals surface area contributed by atoms with Crippen LogP contribution in [0.1, 0.15) is 0 Å². The molecule has 0 aliphatic carbocycles. The summed E-state index contributed by atoms with van der Waals surface area (Å²) < 4.78 is 0. The SMILES string of the molecule is C=C1N(C)C(=O)C=C(O)N1C. The lowest BCUT2D eigenvalue weighted by Gasteiger charge is -2.30. The Balaban J connectivity index is 3.01. The highest BCUT2D eigenvalue weighted by atomic mass is 16.3. The number of nitrogens with zero attached hydrogens (tertiary/aromatic N) is 2. The summed E-state index contributed by atoms with van der Waals surface area (Å²) in [6.45, 7) is 3.61. The first-order chi connectivity index (χ1) is 5.04. The maximum atomic E-state index is 11.0. The highest BCUT2D eigenvalue weighted by molar-refractivity contribution is 5.90. The zero-order chi connectivity index (χ0) is 8.59. The number of carbonyl (C=O) groups excluding carboxylic acids is 1. The molecule has 0 saturated carbocycles. The van der Waals surface area contributed by atoms with Crippen LogP contribution in [-0.2, 0) is 4.79 Å². The molecule has 0 saturated heterocycles. The van der Waals surface area contributed by atoms with E-state index in [0.29, 0.717) is 5.82 Å². The van der Waals surface area contributed by atoms with Gasteiger partial charge in [-0.05, 0) is 0 Å². The van der Waals surface area contributed by atoms with Crippen molar-refractivity contribution >= 4 is 5.91 Å². The van der Waals surface area contributed by atoms with E-state index < -0.39 is 0 Å². The highest BCUT2D eigenvalue weighted by Crippen LogP contribution is 2.15. The zero-order valence-corrected chi connectivity index (χ0v) is 6.53. The molecule has 0 radical (unpaired) electrons. The molecule has 0 bridgehead atoms. The molecule has 0 atom stereocenters. The average molecular weight is 154 g/mol. The molecule has 60 valence electrons. The average Bonchev–Trinajstić information content (AvgIpc) is 1.97. The van der Waals surface area contributed by atoms with Crippen molar-refractivity contribution in [3.8, 4) is 0 Å². The van der Waals surface area contributed by atoms with Gasteiger partial charge in [0.05, 0.1) is 6.08 Å². The van der Waals surface area contributed by atoms with Crippen molar-refractivity contribution in [1.29, 1.82) is 0 Å². The third-order valence-electron chi connectivity index (χ3n) is 1.70. The van der Waals surface area contributed by atoms with Gasteiger partial charge in [-0.3, -0.25) is 9.69 Å². The van der Waals surface area contributed by atoms with Crippen molar-refractivity contribution in [1.82, 2.24) is 9.80 Å². The van der Waals surface area contributed by atoms with E-state index in [1.54, 1.807) is 14.1 Å². The van der Waals surface area contributed by atoms with Gasteiger partial charge >= 0.3 is 0 Å². The lowest BCUT2D eigenvalue weighted by Crippen LogP contribution is -2.37. The Morgan fingerprint density at radius 2 is 2.00 bits per heavy atom. The third-order valence-corrected chi connectivity index (χ3v) is 1.70. The second-order valence-corrected chi connectivity index (χ2v) is 2.38. The van der Waals surface area contributed by atoms with Crippen molar-refractivity contribution in [3.05, 3.63) is 24.4 Å². The molecule has 1 heterocycles. The Bertz CT molecular complexity index is 245. The number of aliphatic hydroxyl groups excluding tert-OH is 1. The zero-order valence-electron chi connectivity index (χ0n) is 6.53. The van der Waals surface area contributed by atoms with E-state index in [4.69, 9.17) is 5.11 Å². The van der Waals surface area contributed by atoms with Crippen LogP contribution in [0.2, 0.25) is 0 Å². The van der Waals surface area contributed by atoms with Crippen molar-refractivity contribution in [2.75, 3.05) is 14.1 Å². The molecule has 0 aromatic carbocycles. The Kier molecular flexibility index (Phi) is 1.60. The van der Waals surface area contributed by atoms with Gasteiger partial charge in [-0.2, -0.15) is 0 Å². The van der Waals surface area contributed by atoms with Crippen molar-refractivity contribution in [2.24, 2.45) is 0 Å². The lowest BCUT2D eigenvalue weighted by molar-refractivity contribution is -0.125. The topological polar surface area (TPSA) is 43.8 Å². The Morgan fingerprint density at radius 1 is 1.45 bits per heavy atom. The first-order valence-electron chi connectivity index (χ1n) is 3.15. The number of likely N-dealkylation sites (N-methyl/N-ethyl adjacent to an activating group) is 1. The van der Waals surface area contributed by atoms with Crippen LogP contribution >= 0.6 is 0 Å². The summed E-state index contributed by atoms with van der Waals surface area (Å²) in [7, 11) is 3.24. The largest absolute Gasteiger partial charge is 0.494 e. The minimum atomic E-state index is -0.259. The molecule has 4 nitrogen and oxygen atoms in total. The van der Waals surface area contributed by atoms with Gasteiger partial charge in [0, 0.05) is 14.1 Å². The van der Waals surface area contributed by atoms with Crippen LogP contribution < -0.4 is 0 Å². The summed E-state index contributed by atoms with van der Waals surface area (Å²) in [5.74, 6) is 0.138. The van der Waals surface area contributed by atoms with Crippen LogP contribution in [0.5, 0.6) is 0 Å². The summed E-state index contributed by atoms with van der Waals surface area (Å²) in [5.41, 5.74) is 0. The number of rotatable bonds is 0. The van der Waals surface area contributed by atoms with Crippen LogP contribution in [0, 0.1) is 0 Å². The fraction of sp³-hybridized carbons (Fsp3) is 0.286. The van der Waals surface area contributed by atoms with Crippen molar-refractivity contribution in [2.45, 2.75) is 0 Å². The number of hydrogen-bond donors (Lipinski definition) is 1. The summed E-state index contributed by atoms with van der Waals surface area (Å²) in [4.78, 5) is 13.8. The molecule has 0 spiro atoms. The van der Waals surface area contributed by atoms with E-state index in [9.17, 15) is 4.79 Å². The van der Waals surface area contributed by atoms with Crippen LogP contribution in [0.25, 0.3) is 0 Å². The quantitative estimate of drug-likeness (QED) is 0.544. The van der Waals surface area contributed by atoms with Gasteiger partial charge < -0.3 is 10.0 Å². The maximum absolute atomic E-state index is 11.0. The standard InChI is InChI=1S/C7H10N2O2/c1-5-8(2)6(10)4-7(11)9(5)3/h4,10H,1H2,2-3H3. The van der Waals surface area contributed by atoms with Crippen molar-refractivity contribution < 1.29 is 9.90 Å². The molecule has 0 aromatic rings. The highest BCUT2D eigenvalue weighted by Gasteiger charge is 2.21. The van der Waals surface area contributed by atoms with Gasteiger partial charge in [0.25, 0.3) is 5.91 Å². The fourth-order valence-electron chi connectivity index (χ4n) is 0.789. The number of hydrogen-bond acceptors (Lipinski definition) is 3. The molecule has 1 aliphatic heterocycles. The lowest BCUT2D eigenvalue weighted by atomic mass is 10.4. The first kappa shape index (κ1) is 7.65. The van der Waals surface area contributed by atoms with E-state index in [1.807, 2.05) is 0 Å². The Labute approximate surface area is 65.0 Å². The minimum absolute atomic E-state index is 0.0712. The molecular formula is C7H10N2O2. The molecule has 4 heteroatoms. The minimum Gasteiger partial charge on any atom is -0.494 e. The second kappa shape index (κ2) is 2.30. The van der Waals surface area contributed by atoms with Gasteiger partial charge in [-0.1, -0.05) is 6.58 Å². The normalized spacial score (nSPS) is 18.9. The molecule has 1 N–H and O–H groups in total. The summed E-state index contributed by atoms with van der Waals surface area (Å²) in [5, 5.41) is 9.12. The third kappa shape index (κ3) is 1.07. The molecule has 1 amide bonds. The predicted octanol–water partition coefficient (Wildman–Crippen LogP) is 0.261. The van der Waals surface area contributed by atoms with Crippen LogP contribution in [0.4, 0.5) is 0 Å². The molecule has 0 unspecified atom stereocenters.